The van der Waals surface area contributed by atoms with E-state index < -0.39 is 0 Å². The smallest absolute Gasteiger partial charge is 0.240 e. The van der Waals surface area contributed by atoms with Crippen LogP contribution in [0.15, 0.2) is 18.2 Å². The number of aryl methyl sites for hydroxylation is 1. The number of carbonyl (C=O) groups is 2. The fraction of sp³-hybridized carbons (Fsp3) is 0.500. The fourth-order valence-electron chi connectivity index (χ4n) is 2.37. The molecule has 2 rings (SSSR count). The Hall–Kier alpha value is -1.59. The lowest BCUT2D eigenvalue weighted by molar-refractivity contribution is -0.123. The third kappa shape index (κ3) is 4.45. The first kappa shape index (κ1) is 16.8. The number of hydrogen-bond acceptors (Lipinski definition) is 3. The summed E-state index contributed by atoms with van der Waals surface area (Å²) in [5.74, 6) is -0.408. The molecule has 1 aromatic carbocycles. The molecule has 22 heavy (non-hydrogen) atoms. The van der Waals surface area contributed by atoms with E-state index in [4.69, 9.17) is 16.3 Å². The normalized spacial score (nSPS) is 17.3. The topological polar surface area (TPSA) is 58.6 Å². The summed E-state index contributed by atoms with van der Waals surface area (Å²) < 4.78 is 5.46. The molecule has 0 aliphatic carbocycles. The second-order valence-corrected chi connectivity index (χ2v) is 5.88. The molecule has 120 valence electrons. The zero-order chi connectivity index (χ0) is 16.1. The summed E-state index contributed by atoms with van der Waals surface area (Å²) in [6.07, 6.45) is 2.08. The quantitative estimate of drug-likeness (QED) is 0.904. The largest absolute Gasteiger partial charge is 0.376 e. The Morgan fingerprint density at radius 2 is 2.23 bits per heavy atom. The van der Waals surface area contributed by atoms with Crippen LogP contribution in [-0.4, -0.2) is 37.6 Å². The molecule has 1 aromatic rings. The lowest BCUT2D eigenvalue weighted by Gasteiger charge is -2.21. The first-order valence-electron chi connectivity index (χ1n) is 7.40. The van der Waals surface area contributed by atoms with Crippen molar-refractivity contribution >= 4 is 29.1 Å². The van der Waals surface area contributed by atoms with E-state index in [-0.39, 0.29) is 24.5 Å². The summed E-state index contributed by atoms with van der Waals surface area (Å²) >= 11 is 6.09. The average Bonchev–Trinajstić information content (AvgIpc) is 2.98. The predicted molar refractivity (Wildman–Crippen MR) is 86.2 cm³/mol. The minimum atomic E-state index is -0.206. The van der Waals surface area contributed by atoms with Gasteiger partial charge in [0, 0.05) is 30.8 Å². The van der Waals surface area contributed by atoms with Crippen LogP contribution in [0.2, 0.25) is 5.02 Å². The van der Waals surface area contributed by atoms with Gasteiger partial charge < -0.3 is 15.0 Å². The van der Waals surface area contributed by atoms with E-state index in [0.717, 1.165) is 25.0 Å². The first-order valence-corrected chi connectivity index (χ1v) is 7.77. The Labute approximate surface area is 135 Å². The number of nitrogens with zero attached hydrogens (tertiary/aromatic N) is 1. The summed E-state index contributed by atoms with van der Waals surface area (Å²) in [4.78, 5) is 25.3. The molecule has 1 saturated heterocycles. The fourth-order valence-corrected chi connectivity index (χ4v) is 2.54. The second kappa shape index (κ2) is 7.61. The van der Waals surface area contributed by atoms with E-state index >= 15 is 0 Å². The summed E-state index contributed by atoms with van der Waals surface area (Å²) in [6.45, 7) is 4.53. The van der Waals surface area contributed by atoms with Gasteiger partial charge in [-0.25, -0.2) is 0 Å². The highest BCUT2D eigenvalue weighted by atomic mass is 35.5. The van der Waals surface area contributed by atoms with Gasteiger partial charge in [-0.15, -0.1) is 0 Å². The minimum Gasteiger partial charge on any atom is -0.376 e. The SMILES string of the molecule is CC(=O)N(CC(=O)NCC1CCCO1)c1ccc(C)c(Cl)c1. The highest BCUT2D eigenvalue weighted by Crippen LogP contribution is 2.23. The van der Waals surface area contributed by atoms with Gasteiger partial charge in [0.25, 0.3) is 0 Å². The maximum absolute atomic E-state index is 12.0. The molecular formula is C16H21ClN2O3. The van der Waals surface area contributed by atoms with E-state index in [1.807, 2.05) is 13.0 Å². The number of carbonyl (C=O) groups excluding carboxylic acids is 2. The molecule has 1 unspecified atom stereocenters. The lowest BCUT2D eigenvalue weighted by atomic mass is 10.2. The van der Waals surface area contributed by atoms with Crippen molar-refractivity contribution in [3.05, 3.63) is 28.8 Å². The van der Waals surface area contributed by atoms with Crippen molar-refractivity contribution in [2.75, 3.05) is 24.6 Å². The molecule has 1 N–H and O–H groups in total. The molecule has 0 radical (unpaired) electrons. The molecule has 1 aliphatic rings. The van der Waals surface area contributed by atoms with Gasteiger partial charge in [-0.3, -0.25) is 9.59 Å². The number of anilines is 1. The Kier molecular flexibility index (Phi) is 5.80. The summed E-state index contributed by atoms with van der Waals surface area (Å²) in [6, 6.07) is 5.32. The van der Waals surface area contributed by atoms with Crippen molar-refractivity contribution in [2.45, 2.75) is 32.8 Å². The second-order valence-electron chi connectivity index (χ2n) is 5.48. The maximum Gasteiger partial charge on any atom is 0.240 e. The van der Waals surface area contributed by atoms with Crippen LogP contribution in [0, 0.1) is 6.92 Å². The highest BCUT2D eigenvalue weighted by Gasteiger charge is 2.19. The van der Waals surface area contributed by atoms with Gasteiger partial charge in [-0.1, -0.05) is 17.7 Å². The van der Waals surface area contributed by atoms with Crippen LogP contribution in [0.25, 0.3) is 0 Å². The molecule has 1 heterocycles. The number of ether oxygens (including phenoxy) is 1. The summed E-state index contributed by atoms with van der Waals surface area (Å²) in [7, 11) is 0. The molecule has 1 fully saturated rings. The molecule has 5 nitrogen and oxygen atoms in total. The van der Waals surface area contributed by atoms with Crippen LogP contribution in [0.3, 0.4) is 0 Å². The van der Waals surface area contributed by atoms with Gasteiger partial charge in [0.05, 0.1) is 6.10 Å². The monoisotopic (exact) mass is 324 g/mol. The van der Waals surface area contributed by atoms with E-state index in [1.165, 1.54) is 11.8 Å². The van der Waals surface area contributed by atoms with Gasteiger partial charge >= 0.3 is 0 Å². The van der Waals surface area contributed by atoms with E-state index in [9.17, 15) is 9.59 Å². The predicted octanol–water partition coefficient (Wildman–Crippen LogP) is 2.30. The van der Waals surface area contributed by atoms with Gasteiger partial charge in [-0.2, -0.15) is 0 Å². The maximum atomic E-state index is 12.0. The first-order chi connectivity index (χ1) is 10.5. The number of benzene rings is 1. The Bertz CT molecular complexity index is 556. The van der Waals surface area contributed by atoms with E-state index in [2.05, 4.69) is 5.32 Å². The van der Waals surface area contributed by atoms with Gasteiger partial charge in [0.15, 0.2) is 0 Å². The number of hydrogen-bond donors (Lipinski definition) is 1. The molecule has 0 aromatic heterocycles. The van der Waals surface area contributed by atoms with Crippen LogP contribution in [0.5, 0.6) is 0 Å². The molecule has 6 heteroatoms. The van der Waals surface area contributed by atoms with Crippen molar-refractivity contribution < 1.29 is 14.3 Å². The van der Waals surface area contributed by atoms with Crippen molar-refractivity contribution in [1.82, 2.24) is 5.32 Å². The third-order valence-electron chi connectivity index (χ3n) is 3.70. The lowest BCUT2D eigenvalue weighted by Crippen LogP contribution is -2.42. The van der Waals surface area contributed by atoms with Crippen LogP contribution < -0.4 is 10.2 Å². The zero-order valence-corrected chi connectivity index (χ0v) is 13.7. The Balaban J connectivity index is 1.97. The van der Waals surface area contributed by atoms with Crippen molar-refractivity contribution in [1.29, 1.82) is 0 Å². The van der Waals surface area contributed by atoms with Crippen LogP contribution >= 0.6 is 11.6 Å². The van der Waals surface area contributed by atoms with E-state index in [1.54, 1.807) is 12.1 Å². The zero-order valence-electron chi connectivity index (χ0n) is 12.9. The molecule has 2 amide bonds. The van der Waals surface area contributed by atoms with Crippen LogP contribution in [0.1, 0.15) is 25.3 Å². The molecular weight excluding hydrogens is 304 g/mol. The average molecular weight is 325 g/mol. The molecule has 1 atom stereocenters. The summed E-state index contributed by atoms with van der Waals surface area (Å²) in [5, 5.41) is 3.39. The molecule has 0 saturated carbocycles. The molecule has 1 aliphatic heterocycles. The molecule has 0 bridgehead atoms. The highest BCUT2D eigenvalue weighted by molar-refractivity contribution is 6.31. The van der Waals surface area contributed by atoms with Crippen molar-refractivity contribution in [2.24, 2.45) is 0 Å². The Morgan fingerprint density at radius 3 is 2.82 bits per heavy atom. The molecule has 0 spiro atoms. The number of rotatable bonds is 5. The third-order valence-corrected chi connectivity index (χ3v) is 4.11. The van der Waals surface area contributed by atoms with E-state index in [0.29, 0.717) is 17.3 Å². The Morgan fingerprint density at radius 1 is 1.45 bits per heavy atom. The standard InChI is InChI=1S/C16H21ClN2O3/c1-11-5-6-13(8-15(11)17)19(12(2)20)10-16(21)18-9-14-4-3-7-22-14/h5-6,8,14H,3-4,7,9-10H2,1-2H3,(H,18,21). The number of amides is 2. The van der Waals surface area contributed by atoms with Crippen molar-refractivity contribution in [3.63, 3.8) is 0 Å². The van der Waals surface area contributed by atoms with Gasteiger partial charge in [0.1, 0.15) is 6.54 Å². The van der Waals surface area contributed by atoms with Gasteiger partial charge in [0.2, 0.25) is 11.8 Å². The minimum absolute atomic E-state index is 0.0263. The van der Waals surface area contributed by atoms with Crippen LogP contribution in [0.4, 0.5) is 5.69 Å². The summed E-state index contributed by atoms with van der Waals surface area (Å²) in [5.41, 5.74) is 1.55. The van der Waals surface area contributed by atoms with Gasteiger partial charge in [-0.05, 0) is 37.5 Å². The van der Waals surface area contributed by atoms with Crippen LogP contribution in [-0.2, 0) is 14.3 Å². The number of halogens is 1. The number of nitrogens with one attached hydrogen (secondary N) is 1. The van der Waals surface area contributed by atoms with Crippen molar-refractivity contribution in [3.8, 4) is 0 Å².